The first-order valence-corrected chi connectivity index (χ1v) is 4.98. The maximum atomic E-state index is 10.1. The molecule has 15 heavy (non-hydrogen) atoms. The highest BCUT2D eigenvalue weighted by Crippen LogP contribution is 2.29. The Labute approximate surface area is 89.3 Å². The average Bonchev–Trinajstić information content (AvgIpc) is 2.22. The fraction of sp³-hybridized carbons (Fsp3) is 0.385. The van der Waals surface area contributed by atoms with Crippen LogP contribution in [-0.2, 0) is 0 Å². The molecule has 76 valence electrons. The van der Waals surface area contributed by atoms with Gasteiger partial charge in [0.1, 0.15) is 11.7 Å². The monoisotopic (exact) mass is 200 g/mol. The summed E-state index contributed by atoms with van der Waals surface area (Å²) in [5.41, 5.74) is -0.213. The molecule has 2 atom stereocenters. The number of aliphatic hydroxyl groups is 2. The molecule has 2 aliphatic carbocycles. The van der Waals surface area contributed by atoms with Crippen LogP contribution in [0.25, 0.3) is 0 Å². The molecule has 2 bridgehead atoms. The van der Waals surface area contributed by atoms with E-state index in [1.165, 1.54) is 0 Å². The normalized spacial score (nSPS) is 35.1. The van der Waals surface area contributed by atoms with Gasteiger partial charge in [0.2, 0.25) is 0 Å². The highest BCUT2D eigenvalue weighted by molar-refractivity contribution is 5.36. The van der Waals surface area contributed by atoms with E-state index < -0.39 is 11.7 Å². The van der Waals surface area contributed by atoms with Gasteiger partial charge >= 0.3 is 0 Å². The average molecular weight is 200 g/mol. The molecule has 0 aromatic rings. The summed E-state index contributed by atoms with van der Waals surface area (Å²) in [6.45, 7) is 0. The van der Waals surface area contributed by atoms with Crippen molar-refractivity contribution in [2.75, 3.05) is 0 Å². The lowest BCUT2D eigenvalue weighted by Gasteiger charge is -2.28. The highest BCUT2D eigenvalue weighted by atomic mass is 16.3. The van der Waals surface area contributed by atoms with Gasteiger partial charge in [-0.15, -0.1) is 0 Å². The Morgan fingerprint density at radius 3 is 3.00 bits per heavy atom. The number of hydrogen-bond acceptors (Lipinski definition) is 2. The van der Waals surface area contributed by atoms with Gasteiger partial charge in [0, 0.05) is 6.42 Å². The standard InChI is InChI=1S/C13H12O2/c14-12-7-3-1-2-4-8-13(15)9-5-6-11(12)10-13/h1-2,6,12,14-15H,5,9-10H2/b2-1-. The van der Waals surface area contributed by atoms with Crippen molar-refractivity contribution in [1.82, 2.24) is 0 Å². The van der Waals surface area contributed by atoms with Crippen molar-refractivity contribution < 1.29 is 10.2 Å². The van der Waals surface area contributed by atoms with E-state index in [9.17, 15) is 10.2 Å². The number of fused-ring (bicyclic) bond motifs is 2. The molecule has 2 aliphatic rings. The Kier molecular flexibility index (Phi) is 2.64. The van der Waals surface area contributed by atoms with E-state index in [-0.39, 0.29) is 0 Å². The molecular weight excluding hydrogens is 188 g/mol. The molecule has 0 saturated heterocycles. The van der Waals surface area contributed by atoms with E-state index in [1.807, 2.05) is 6.08 Å². The third-order valence-corrected chi connectivity index (χ3v) is 2.59. The molecule has 2 unspecified atom stereocenters. The zero-order valence-corrected chi connectivity index (χ0v) is 8.33. The first-order valence-electron chi connectivity index (χ1n) is 4.98. The molecule has 2 N–H and O–H groups in total. The Morgan fingerprint density at radius 2 is 2.13 bits per heavy atom. The minimum absolute atomic E-state index is 0.393. The lowest BCUT2D eigenvalue weighted by Crippen LogP contribution is -2.32. The van der Waals surface area contributed by atoms with Crippen molar-refractivity contribution in [2.45, 2.75) is 31.0 Å². The topological polar surface area (TPSA) is 40.5 Å². The lowest BCUT2D eigenvalue weighted by molar-refractivity contribution is 0.0808. The maximum absolute atomic E-state index is 10.1. The molecule has 0 spiro atoms. The first kappa shape index (κ1) is 10.1. The van der Waals surface area contributed by atoms with Crippen LogP contribution >= 0.6 is 0 Å². The largest absolute Gasteiger partial charge is 0.377 e. The van der Waals surface area contributed by atoms with E-state index in [0.717, 1.165) is 12.0 Å². The number of allylic oxidation sites excluding steroid dienone is 3. The van der Waals surface area contributed by atoms with Gasteiger partial charge in [-0.05, 0) is 30.6 Å². The van der Waals surface area contributed by atoms with E-state index >= 15 is 0 Å². The van der Waals surface area contributed by atoms with Gasteiger partial charge < -0.3 is 10.2 Å². The fourth-order valence-electron chi connectivity index (χ4n) is 1.79. The summed E-state index contributed by atoms with van der Waals surface area (Å²) >= 11 is 0. The van der Waals surface area contributed by atoms with Crippen molar-refractivity contribution >= 4 is 0 Å². The molecule has 2 nitrogen and oxygen atoms in total. The summed E-state index contributed by atoms with van der Waals surface area (Å²) in [5, 5.41) is 19.9. The van der Waals surface area contributed by atoms with Gasteiger partial charge in [0.25, 0.3) is 0 Å². The smallest absolute Gasteiger partial charge is 0.136 e. The summed E-state index contributed by atoms with van der Waals surface area (Å²) in [4.78, 5) is 0. The third-order valence-electron chi connectivity index (χ3n) is 2.59. The third kappa shape index (κ3) is 2.30. The zero-order chi connectivity index (χ0) is 10.7. The molecule has 2 heteroatoms. The Balaban J connectivity index is 2.39. The number of aliphatic hydroxyl groups excluding tert-OH is 1. The second-order valence-electron chi connectivity index (χ2n) is 3.82. The molecule has 0 fully saturated rings. The van der Waals surface area contributed by atoms with Crippen molar-refractivity contribution in [2.24, 2.45) is 0 Å². The van der Waals surface area contributed by atoms with Crippen LogP contribution in [0.1, 0.15) is 19.3 Å². The van der Waals surface area contributed by atoms with Crippen LogP contribution < -0.4 is 0 Å². The molecule has 0 heterocycles. The number of rotatable bonds is 0. The van der Waals surface area contributed by atoms with Crippen LogP contribution in [0, 0.1) is 23.7 Å². The van der Waals surface area contributed by atoms with Gasteiger partial charge in [0.05, 0.1) is 0 Å². The predicted octanol–water partition coefficient (Wildman–Crippen LogP) is 0.765. The van der Waals surface area contributed by atoms with Gasteiger partial charge in [0.15, 0.2) is 0 Å². The van der Waals surface area contributed by atoms with Gasteiger partial charge in [-0.1, -0.05) is 29.8 Å². The second kappa shape index (κ2) is 3.95. The van der Waals surface area contributed by atoms with Crippen molar-refractivity contribution in [3.8, 4) is 23.7 Å². The molecule has 0 aromatic carbocycles. The zero-order valence-electron chi connectivity index (χ0n) is 8.33. The number of hydrogen-bond donors (Lipinski definition) is 2. The fourth-order valence-corrected chi connectivity index (χ4v) is 1.79. The van der Waals surface area contributed by atoms with E-state index in [0.29, 0.717) is 12.8 Å². The first-order chi connectivity index (χ1) is 7.20. The van der Waals surface area contributed by atoms with Crippen LogP contribution in [0.2, 0.25) is 0 Å². The van der Waals surface area contributed by atoms with Gasteiger partial charge in [-0.3, -0.25) is 0 Å². The van der Waals surface area contributed by atoms with E-state index in [4.69, 9.17) is 0 Å². The van der Waals surface area contributed by atoms with Gasteiger partial charge in [-0.25, -0.2) is 0 Å². The maximum Gasteiger partial charge on any atom is 0.136 e. The highest BCUT2D eigenvalue weighted by Gasteiger charge is 2.30. The molecule has 0 aliphatic heterocycles. The van der Waals surface area contributed by atoms with Gasteiger partial charge in [-0.2, -0.15) is 0 Å². The Hall–Kier alpha value is -1.48. The second-order valence-corrected chi connectivity index (χ2v) is 3.82. The molecule has 0 radical (unpaired) electrons. The van der Waals surface area contributed by atoms with E-state index in [2.05, 4.69) is 23.7 Å². The SMILES string of the molecule is OC1C#C/C=C\C#CC2(O)CCC=C1C2. The molecule has 0 amide bonds. The summed E-state index contributed by atoms with van der Waals surface area (Å²) in [7, 11) is 0. The van der Waals surface area contributed by atoms with Crippen molar-refractivity contribution in [1.29, 1.82) is 0 Å². The minimum atomic E-state index is -0.992. The van der Waals surface area contributed by atoms with Crippen LogP contribution in [0.5, 0.6) is 0 Å². The van der Waals surface area contributed by atoms with Crippen molar-refractivity contribution in [3.63, 3.8) is 0 Å². The molecule has 2 rings (SSSR count). The lowest BCUT2D eigenvalue weighted by atomic mass is 9.83. The molecule has 0 saturated carbocycles. The van der Waals surface area contributed by atoms with Crippen LogP contribution in [0.3, 0.4) is 0 Å². The van der Waals surface area contributed by atoms with Crippen LogP contribution in [-0.4, -0.2) is 21.9 Å². The summed E-state index contributed by atoms with van der Waals surface area (Å²) in [6.07, 6.45) is 6.11. The van der Waals surface area contributed by atoms with Crippen LogP contribution in [0.4, 0.5) is 0 Å². The summed E-state index contributed by atoms with van der Waals surface area (Å²) in [5.74, 6) is 11.0. The predicted molar refractivity (Wildman–Crippen MR) is 57.6 cm³/mol. The van der Waals surface area contributed by atoms with Crippen molar-refractivity contribution in [3.05, 3.63) is 23.8 Å². The molecular formula is C13H12O2. The summed E-state index contributed by atoms with van der Waals surface area (Å²) < 4.78 is 0. The Morgan fingerprint density at radius 1 is 1.33 bits per heavy atom. The quantitative estimate of drug-likeness (QED) is 0.448. The van der Waals surface area contributed by atoms with E-state index in [1.54, 1.807) is 12.2 Å². The molecule has 0 aromatic heterocycles. The summed E-state index contributed by atoms with van der Waals surface area (Å²) in [6, 6.07) is 0. The minimum Gasteiger partial charge on any atom is -0.377 e. The van der Waals surface area contributed by atoms with Crippen LogP contribution in [0.15, 0.2) is 23.8 Å². The Bertz CT molecular complexity index is 437.